The zero-order valence-corrected chi connectivity index (χ0v) is 10.7. The van der Waals surface area contributed by atoms with Gasteiger partial charge in [-0.15, -0.1) is 0 Å². The lowest BCUT2D eigenvalue weighted by molar-refractivity contribution is -0.128. The number of hydrogen-bond acceptors (Lipinski definition) is 3. The fraction of sp³-hybridized carbons (Fsp3) is 0.923. The van der Waals surface area contributed by atoms with Gasteiger partial charge in [0, 0.05) is 18.1 Å². The van der Waals surface area contributed by atoms with E-state index in [0.29, 0.717) is 12.5 Å². The Morgan fingerprint density at radius 2 is 2.12 bits per heavy atom. The Labute approximate surface area is 103 Å². The predicted molar refractivity (Wildman–Crippen MR) is 68.3 cm³/mol. The van der Waals surface area contributed by atoms with E-state index >= 15 is 0 Å². The minimum Gasteiger partial charge on any atom is -0.354 e. The highest BCUT2D eigenvalue weighted by molar-refractivity contribution is 5.80. The summed E-state index contributed by atoms with van der Waals surface area (Å²) >= 11 is 0. The topological polar surface area (TPSA) is 81.1 Å². The van der Waals surface area contributed by atoms with E-state index in [0.717, 1.165) is 25.7 Å². The second-order valence-electron chi connectivity index (χ2n) is 6.05. The van der Waals surface area contributed by atoms with Gasteiger partial charge in [-0.3, -0.25) is 4.79 Å². The van der Waals surface area contributed by atoms with Crippen molar-refractivity contribution in [3.05, 3.63) is 0 Å². The van der Waals surface area contributed by atoms with E-state index in [1.54, 1.807) is 0 Å². The number of hydrogen-bond donors (Lipinski definition) is 3. The van der Waals surface area contributed by atoms with Crippen molar-refractivity contribution < 1.29 is 4.79 Å². The van der Waals surface area contributed by atoms with Gasteiger partial charge in [0.25, 0.3) is 0 Å². The third kappa shape index (κ3) is 3.19. The molecule has 2 aliphatic carbocycles. The van der Waals surface area contributed by atoms with Crippen LogP contribution in [-0.4, -0.2) is 24.0 Å². The van der Waals surface area contributed by atoms with Crippen LogP contribution in [0.25, 0.3) is 0 Å². The number of carbonyl (C=O) groups excluding carboxylic acids is 1. The van der Waals surface area contributed by atoms with Crippen molar-refractivity contribution in [3.8, 4) is 0 Å². The Morgan fingerprint density at radius 1 is 1.41 bits per heavy atom. The third-order valence-electron chi connectivity index (χ3n) is 4.31. The van der Waals surface area contributed by atoms with Crippen LogP contribution in [0.1, 0.15) is 45.4 Å². The van der Waals surface area contributed by atoms with E-state index in [9.17, 15) is 4.79 Å². The van der Waals surface area contributed by atoms with Crippen LogP contribution >= 0.6 is 0 Å². The van der Waals surface area contributed by atoms with Gasteiger partial charge in [0.1, 0.15) is 0 Å². The van der Waals surface area contributed by atoms with Crippen LogP contribution < -0.4 is 16.8 Å². The van der Waals surface area contributed by atoms with Crippen LogP contribution in [0.2, 0.25) is 0 Å². The predicted octanol–water partition coefficient (Wildman–Crippen LogP) is 0.748. The van der Waals surface area contributed by atoms with Gasteiger partial charge in [0.15, 0.2) is 0 Å². The summed E-state index contributed by atoms with van der Waals surface area (Å²) in [5, 5.41) is 2.99. The van der Waals surface area contributed by atoms with Crippen molar-refractivity contribution in [2.45, 2.75) is 57.0 Å². The highest BCUT2D eigenvalue weighted by Crippen LogP contribution is 2.33. The molecule has 0 heterocycles. The Morgan fingerprint density at radius 3 is 2.71 bits per heavy atom. The van der Waals surface area contributed by atoms with Gasteiger partial charge in [-0.05, 0) is 38.5 Å². The molecule has 0 aromatic carbocycles. The molecule has 3 unspecified atom stereocenters. The summed E-state index contributed by atoms with van der Waals surface area (Å²) in [5.74, 6) is 0.694. The summed E-state index contributed by atoms with van der Waals surface area (Å²) in [4.78, 5) is 12.1. The van der Waals surface area contributed by atoms with Crippen LogP contribution in [0.3, 0.4) is 0 Å². The SMILES string of the molecule is CC1(N)CCCCC1C(=O)NCC(N)C1CC1. The van der Waals surface area contributed by atoms with Gasteiger partial charge >= 0.3 is 0 Å². The maximum atomic E-state index is 12.1. The Kier molecular flexibility index (Phi) is 3.73. The molecule has 2 aliphatic rings. The van der Waals surface area contributed by atoms with Crippen molar-refractivity contribution in [2.24, 2.45) is 23.3 Å². The van der Waals surface area contributed by atoms with Crippen molar-refractivity contribution in [2.75, 3.05) is 6.54 Å². The summed E-state index contributed by atoms with van der Waals surface area (Å²) < 4.78 is 0. The van der Waals surface area contributed by atoms with Crippen molar-refractivity contribution in [1.29, 1.82) is 0 Å². The zero-order valence-electron chi connectivity index (χ0n) is 10.7. The summed E-state index contributed by atoms with van der Waals surface area (Å²) in [6, 6.07) is 0.131. The molecule has 3 atom stereocenters. The minimum atomic E-state index is -0.341. The fourth-order valence-corrected chi connectivity index (χ4v) is 2.82. The monoisotopic (exact) mass is 239 g/mol. The van der Waals surface area contributed by atoms with E-state index in [4.69, 9.17) is 11.5 Å². The molecule has 2 fully saturated rings. The molecule has 2 saturated carbocycles. The van der Waals surface area contributed by atoms with Crippen LogP contribution in [-0.2, 0) is 4.79 Å². The lowest BCUT2D eigenvalue weighted by Gasteiger charge is -2.37. The van der Waals surface area contributed by atoms with Crippen molar-refractivity contribution in [3.63, 3.8) is 0 Å². The van der Waals surface area contributed by atoms with Crippen molar-refractivity contribution in [1.82, 2.24) is 5.32 Å². The van der Waals surface area contributed by atoms with Gasteiger partial charge in [-0.25, -0.2) is 0 Å². The van der Waals surface area contributed by atoms with E-state index in [2.05, 4.69) is 5.32 Å². The third-order valence-corrected chi connectivity index (χ3v) is 4.31. The van der Waals surface area contributed by atoms with E-state index in [1.165, 1.54) is 12.8 Å². The molecule has 1 amide bonds. The van der Waals surface area contributed by atoms with Crippen molar-refractivity contribution >= 4 is 5.91 Å². The molecule has 4 nitrogen and oxygen atoms in total. The number of nitrogens with one attached hydrogen (secondary N) is 1. The molecule has 0 aliphatic heterocycles. The second kappa shape index (κ2) is 4.94. The van der Waals surface area contributed by atoms with E-state index in [-0.39, 0.29) is 23.4 Å². The molecule has 2 rings (SSSR count). The van der Waals surface area contributed by atoms with E-state index < -0.39 is 0 Å². The molecule has 5 N–H and O–H groups in total. The minimum absolute atomic E-state index is 0.0392. The van der Waals surface area contributed by atoms with Crippen LogP contribution in [0, 0.1) is 11.8 Å². The molecular weight excluding hydrogens is 214 g/mol. The second-order valence-corrected chi connectivity index (χ2v) is 6.05. The van der Waals surface area contributed by atoms with Gasteiger partial charge in [0.05, 0.1) is 5.92 Å². The maximum Gasteiger partial charge on any atom is 0.225 e. The first kappa shape index (κ1) is 12.8. The average molecular weight is 239 g/mol. The number of amides is 1. The van der Waals surface area contributed by atoms with Crippen LogP contribution in [0.15, 0.2) is 0 Å². The summed E-state index contributed by atoms with van der Waals surface area (Å²) in [6.07, 6.45) is 6.54. The molecular formula is C13H25N3O. The average Bonchev–Trinajstić information content (AvgIpc) is 3.08. The largest absolute Gasteiger partial charge is 0.354 e. The van der Waals surface area contributed by atoms with E-state index in [1.807, 2.05) is 6.92 Å². The first-order valence-electron chi connectivity index (χ1n) is 6.83. The smallest absolute Gasteiger partial charge is 0.225 e. The standard InChI is InChI=1S/C13H25N3O/c1-13(15)7-3-2-4-10(13)12(17)16-8-11(14)9-5-6-9/h9-11H,2-8,14-15H2,1H3,(H,16,17). The molecule has 4 heteroatoms. The van der Waals surface area contributed by atoms with Gasteiger partial charge < -0.3 is 16.8 Å². The highest BCUT2D eigenvalue weighted by Gasteiger charge is 2.38. The molecule has 0 radical (unpaired) electrons. The summed E-state index contributed by atoms with van der Waals surface area (Å²) in [5.41, 5.74) is 11.8. The molecule has 0 aromatic rings. The molecule has 98 valence electrons. The summed E-state index contributed by atoms with van der Waals surface area (Å²) in [7, 11) is 0. The number of rotatable bonds is 4. The van der Waals surface area contributed by atoms with Crippen LogP contribution in [0.4, 0.5) is 0 Å². The Bertz CT molecular complexity index is 286. The molecule has 0 saturated heterocycles. The van der Waals surface area contributed by atoms with Gasteiger partial charge in [0.2, 0.25) is 5.91 Å². The van der Waals surface area contributed by atoms with Gasteiger partial charge in [-0.1, -0.05) is 12.8 Å². The normalized spacial score (nSPS) is 35.4. The fourth-order valence-electron chi connectivity index (χ4n) is 2.82. The highest BCUT2D eigenvalue weighted by atomic mass is 16.1. The molecule has 0 spiro atoms. The van der Waals surface area contributed by atoms with Gasteiger partial charge in [-0.2, -0.15) is 0 Å². The number of carbonyl (C=O) groups is 1. The summed E-state index contributed by atoms with van der Waals surface area (Å²) in [6.45, 7) is 2.60. The first-order chi connectivity index (χ1) is 8.00. The first-order valence-corrected chi connectivity index (χ1v) is 6.83. The molecule has 0 aromatic heterocycles. The molecule has 0 bridgehead atoms. The van der Waals surface area contributed by atoms with Crippen LogP contribution in [0.5, 0.6) is 0 Å². The zero-order chi connectivity index (χ0) is 12.5. The number of nitrogens with two attached hydrogens (primary N) is 2. The maximum absolute atomic E-state index is 12.1. The quantitative estimate of drug-likeness (QED) is 0.677. The lowest BCUT2D eigenvalue weighted by atomic mass is 9.74. The molecule has 17 heavy (non-hydrogen) atoms. The Balaban J connectivity index is 1.81. The Hall–Kier alpha value is -0.610. The lowest BCUT2D eigenvalue weighted by Crippen LogP contribution is -2.54.